The van der Waals surface area contributed by atoms with Crippen molar-refractivity contribution in [2.75, 3.05) is 13.7 Å². The highest BCUT2D eigenvalue weighted by atomic mass is 16.5. The SMILES string of the molecule is COc1ccc(C2CCCN2C(=O)NC2CCC(C(=O)O)CC2)cc1. The number of amides is 2. The van der Waals surface area contributed by atoms with Crippen LogP contribution < -0.4 is 10.1 Å². The van der Waals surface area contributed by atoms with Gasteiger partial charge in [0.2, 0.25) is 0 Å². The van der Waals surface area contributed by atoms with Crippen LogP contribution in [0.3, 0.4) is 0 Å². The molecule has 136 valence electrons. The predicted molar refractivity (Wildman–Crippen MR) is 93.6 cm³/mol. The molecular formula is C19H26N2O4. The van der Waals surface area contributed by atoms with Crippen LogP contribution in [0, 0.1) is 5.92 Å². The van der Waals surface area contributed by atoms with E-state index in [4.69, 9.17) is 9.84 Å². The molecule has 0 radical (unpaired) electrons. The number of ether oxygens (including phenoxy) is 1. The number of methoxy groups -OCH3 is 1. The number of benzene rings is 1. The lowest BCUT2D eigenvalue weighted by Crippen LogP contribution is -2.46. The van der Waals surface area contributed by atoms with Gasteiger partial charge in [0.1, 0.15) is 5.75 Å². The Balaban J connectivity index is 1.58. The van der Waals surface area contributed by atoms with Crippen molar-refractivity contribution in [2.24, 2.45) is 5.92 Å². The molecule has 6 heteroatoms. The minimum absolute atomic E-state index is 0.0305. The molecule has 25 heavy (non-hydrogen) atoms. The van der Waals surface area contributed by atoms with Gasteiger partial charge in [0, 0.05) is 12.6 Å². The third-order valence-electron chi connectivity index (χ3n) is 5.42. The maximum absolute atomic E-state index is 12.7. The van der Waals surface area contributed by atoms with Gasteiger partial charge in [-0.15, -0.1) is 0 Å². The minimum atomic E-state index is -0.719. The van der Waals surface area contributed by atoms with Crippen LogP contribution in [0.1, 0.15) is 50.1 Å². The van der Waals surface area contributed by atoms with Crippen LogP contribution in [0.2, 0.25) is 0 Å². The summed E-state index contributed by atoms with van der Waals surface area (Å²) in [7, 11) is 1.64. The highest BCUT2D eigenvalue weighted by Crippen LogP contribution is 2.33. The Hall–Kier alpha value is -2.24. The van der Waals surface area contributed by atoms with Crippen molar-refractivity contribution >= 4 is 12.0 Å². The van der Waals surface area contributed by atoms with Gasteiger partial charge in [0.25, 0.3) is 0 Å². The van der Waals surface area contributed by atoms with E-state index in [0.717, 1.165) is 43.5 Å². The smallest absolute Gasteiger partial charge is 0.318 e. The van der Waals surface area contributed by atoms with Crippen molar-refractivity contribution in [1.82, 2.24) is 10.2 Å². The fraction of sp³-hybridized carbons (Fsp3) is 0.579. The number of carboxylic acid groups (broad SMARTS) is 1. The van der Waals surface area contributed by atoms with Crippen LogP contribution in [0.4, 0.5) is 4.79 Å². The third kappa shape index (κ3) is 4.06. The zero-order chi connectivity index (χ0) is 17.8. The monoisotopic (exact) mass is 346 g/mol. The first kappa shape index (κ1) is 17.6. The highest BCUT2D eigenvalue weighted by molar-refractivity contribution is 5.75. The lowest BCUT2D eigenvalue weighted by molar-refractivity contribution is -0.142. The van der Waals surface area contributed by atoms with Crippen molar-refractivity contribution in [3.8, 4) is 5.75 Å². The first-order valence-electron chi connectivity index (χ1n) is 9.02. The average molecular weight is 346 g/mol. The summed E-state index contributed by atoms with van der Waals surface area (Å²) in [6.45, 7) is 0.757. The summed E-state index contributed by atoms with van der Waals surface area (Å²) in [5.41, 5.74) is 1.13. The van der Waals surface area contributed by atoms with E-state index in [1.165, 1.54) is 0 Å². The van der Waals surface area contributed by atoms with Crippen LogP contribution in [-0.4, -0.2) is 41.7 Å². The van der Waals surface area contributed by atoms with E-state index in [9.17, 15) is 9.59 Å². The topological polar surface area (TPSA) is 78.9 Å². The third-order valence-corrected chi connectivity index (χ3v) is 5.42. The Labute approximate surface area is 148 Å². The fourth-order valence-corrected chi connectivity index (χ4v) is 3.92. The largest absolute Gasteiger partial charge is 0.497 e. The Morgan fingerprint density at radius 2 is 1.80 bits per heavy atom. The van der Waals surface area contributed by atoms with Crippen LogP contribution in [0.25, 0.3) is 0 Å². The van der Waals surface area contributed by atoms with Gasteiger partial charge < -0.3 is 20.1 Å². The molecule has 2 fully saturated rings. The highest BCUT2D eigenvalue weighted by Gasteiger charge is 2.32. The van der Waals surface area contributed by atoms with Crippen LogP contribution in [-0.2, 0) is 4.79 Å². The van der Waals surface area contributed by atoms with Gasteiger partial charge in [-0.1, -0.05) is 12.1 Å². The molecule has 2 N–H and O–H groups in total. The zero-order valence-corrected chi connectivity index (χ0v) is 14.6. The Morgan fingerprint density at radius 1 is 1.12 bits per heavy atom. The molecule has 3 rings (SSSR count). The number of carbonyl (C=O) groups excluding carboxylic acids is 1. The lowest BCUT2D eigenvalue weighted by Gasteiger charge is -2.31. The summed E-state index contributed by atoms with van der Waals surface area (Å²) in [4.78, 5) is 25.7. The second-order valence-corrected chi connectivity index (χ2v) is 6.96. The van der Waals surface area contributed by atoms with E-state index >= 15 is 0 Å². The predicted octanol–water partition coefficient (Wildman–Crippen LogP) is 3.19. The van der Waals surface area contributed by atoms with E-state index < -0.39 is 5.97 Å². The van der Waals surface area contributed by atoms with Crippen LogP contribution in [0.15, 0.2) is 24.3 Å². The molecule has 2 amide bonds. The lowest BCUT2D eigenvalue weighted by atomic mass is 9.86. The number of likely N-dealkylation sites (tertiary alicyclic amines) is 1. The van der Waals surface area contributed by atoms with E-state index in [-0.39, 0.29) is 24.0 Å². The number of urea groups is 1. The average Bonchev–Trinajstić information content (AvgIpc) is 3.12. The molecule has 0 bridgehead atoms. The van der Waals surface area contributed by atoms with E-state index in [1.54, 1.807) is 7.11 Å². The number of carbonyl (C=O) groups is 2. The van der Waals surface area contributed by atoms with Gasteiger partial charge in [-0.05, 0) is 56.2 Å². The van der Waals surface area contributed by atoms with Crippen molar-refractivity contribution in [3.05, 3.63) is 29.8 Å². The Kier molecular flexibility index (Phi) is 5.46. The van der Waals surface area contributed by atoms with Gasteiger partial charge in [0.15, 0.2) is 0 Å². The first-order chi connectivity index (χ1) is 12.1. The zero-order valence-electron chi connectivity index (χ0n) is 14.6. The first-order valence-corrected chi connectivity index (χ1v) is 9.02. The molecule has 6 nitrogen and oxygen atoms in total. The molecule has 1 aliphatic carbocycles. The molecule has 0 aromatic heterocycles. The molecule has 1 atom stereocenters. The van der Waals surface area contributed by atoms with E-state index in [2.05, 4.69) is 5.32 Å². The molecule has 1 aliphatic heterocycles. The maximum Gasteiger partial charge on any atom is 0.318 e. The van der Waals surface area contributed by atoms with E-state index in [1.807, 2.05) is 29.2 Å². The molecule has 1 saturated carbocycles. The molecule has 1 heterocycles. The second kappa shape index (κ2) is 7.76. The summed E-state index contributed by atoms with van der Waals surface area (Å²) >= 11 is 0. The summed E-state index contributed by atoms with van der Waals surface area (Å²) in [5.74, 6) is -0.163. The fourth-order valence-electron chi connectivity index (χ4n) is 3.92. The van der Waals surface area contributed by atoms with Gasteiger partial charge in [0.05, 0.1) is 19.1 Å². The summed E-state index contributed by atoms with van der Waals surface area (Å²) in [6.07, 6.45) is 4.72. The number of carboxylic acids is 1. The standard InChI is InChI=1S/C19H26N2O4/c1-25-16-10-6-13(7-11-16)17-3-2-12-21(17)19(24)20-15-8-4-14(5-9-15)18(22)23/h6-7,10-11,14-15,17H,2-5,8-9,12H2,1H3,(H,20,24)(H,22,23). The van der Waals surface area contributed by atoms with Crippen LogP contribution >= 0.6 is 0 Å². The molecule has 1 unspecified atom stereocenters. The van der Waals surface area contributed by atoms with Crippen molar-refractivity contribution in [1.29, 1.82) is 0 Å². The van der Waals surface area contributed by atoms with Crippen LogP contribution in [0.5, 0.6) is 5.75 Å². The number of aliphatic carboxylic acids is 1. The van der Waals surface area contributed by atoms with Crippen molar-refractivity contribution in [2.45, 2.75) is 50.6 Å². The molecular weight excluding hydrogens is 320 g/mol. The number of hydrogen-bond acceptors (Lipinski definition) is 3. The Bertz CT molecular complexity index is 608. The molecule has 1 saturated heterocycles. The number of nitrogens with zero attached hydrogens (tertiary/aromatic N) is 1. The summed E-state index contributed by atoms with van der Waals surface area (Å²) < 4.78 is 5.20. The van der Waals surface area contributed by atoms with Gasteiger partial charge in [-0.2, -0.15) is 0 Å². The Morgan fingerprint density at radius 3 is 2.40 bits per heavy atom. The van der Waals surface area contributed by atoms with Gasteiger partial charge in [-0.3, -0.25) is 4.79 Å². The molecule has 1 aromatic rings. The van der Waals surface area contributed by atoms with Gasteiger partial charge in [-0.25, -0.2) is 4.79 Å². The number of rotatable bonds is 4. The van der Waals surface area contributed by atoms with E-state index in [0.29, 0.717) is 12.8 Å². The number of hydrogen-bond donors (Lipinski definition) is 2. The maximum atomic E-state index is 12.7. The number of nitrogens with one attached hydrogen (secondary N) is 1. The van der Waals surface area contributed by atoms with Crippen molar-refractivity contribution < 1.29 is 19.4 Å². The summed E-state index contributed by atoms with van der Waals surface area (Å²) in [5, 5.41) is 12.2. The second-order valence-electron chi connectivity index (χ2n) is 6.96. The van der Waals surface area contributed by atoms with Crippen molar-refractivity contribution in [3.63, 3.8) is 0 Å². The quantitative estimate of drug-likeness (QED) is 0.877. The molecule has 0 spiro atoms. The normalized spacial score (nSPS) is 26.3. The molecule has 2 aliphatic rings. The van der Waals surface area contributed by atoms with Gasteiger partial charge >= 0.3 is 12.0 Å². The summed E-state index contributed by atoms with van der Waals surface area (Å²) in [6, 6.07) is 8.05. The minimum Gasteiger partial charge on any atom is -0.497 e. The molecule has 1 aromatic carbocycles.